The van der Waals surface area contributed by atoms with Gasteiger partial charge in [0.2, 0.25) is 5.91 Å². The van der Waals surface area contributed by atoms with E-state index in [4.69, 9.17) is 27.9 Å². The van der Waals surface area contributed by atoms with Crippen molar-refractivity contribution in [2.75, 3.05) is 25.5 Å². The normalized spacial score (nSPS) is 10.2. The second-order valence-corrected chi connectivity index (χ2v) is 5.77. The van der Waals surface area contributed by atoms with Crippen LogP contribution in [0.5, 0.6) is 5.75 Å². The maximum Gasteiger partial charge on any atom is 0.239 e. The lowest BCUT2D eigenvalue weighted by atomic mass is 10.1. The Kier molecular flexibility index (Phi) is 6.56. The van der Waals surface area contributed by atoms with Crippen LogP contribution in [0.15, 0.2) is 42.5 Å². The molecule has 2 N–H and O–H groups in total. The number of methoxy groups -OCH3 is 1. The smallest absolute Gasteiger partial charge is 0.239 e. The molecular weight excluding hydrogens is 335 g/mol. The molecule has 1 amide bonds. The number of nitrogens with one attached hydrogen (secondary N) is 2. The van der Waals surface area contributed by atoms with Crippen LogP contribution in [0, 0.1) is 0 Å². The number of hydrogen-bond acceptors (Lipinski definition) is 3. The van der Waals surface area contributed by atoms with Crippen molar-refractivity contribution < 1.29 is 9.53 Å². The van der Waals surface area contributed by atoms with Crippen LogP contribution in [0.25, 0.3) is 0 Å². The van der Waals surface area contributed by atoms with Gasteiger partial charge in [-0.2, -0.15) is 0 Å². The van der Waals surface area contributed by atoms with E-state index in [9.17, 15) is 4.79 Å². The minimum atomic E-state index is -0.107. The molecule has 122 valence electrons. The Morgan fingerprint density at radius 1 is 1.17 bits per heavy atom. The molecule has 6 heteroatoms. The van der Waals surface area contributed by atoms with E-state index in [1.165, 1.54) is 0 Å². The quantitative estimate of drug-likeness (QED) is 0.797. The summed E-state index contributed by atoms with van der Waals surface area (Å²) in [7, 11) is 1.63. The topological polar surface area (TPSA) is 50.4 Å². The second kappa shape index (κ2) is 8.65. The van der Waals surface area contributed by atoms with Crippen LogP contribution in [0.3, 0.4) is 0 Å². The predicted molar refractivity (Wildman–Crippen MR) is 94.7 cm³/mol. The van der Waals surface area contributed by atoms with Gasteiger partial charge in [0.05, 0.1) is 24.4 Å². The monoisotopic (exact) mass is 352 g/mol. The largest absolute Gasteiger partial charge is 0.497 e. The van der Waals surface area contributed by atoms with Gasteiger partial charge in [0.15, 0.2) is 0 Å². The van der Waals surface area contributed by atoms with Crippen LogP contribution in [0.2, 0.25) is 10.0 Å². The highest BCUT2D eigenvalue weighted by molar-refractivity contribution is 6.35. The molecule has 23 heavy (non-hydrogen) atoms. The van der Waals surface area contributed by atoms with Gasteiger partial charge in [-0.25, -0.2) is 0 Å². The van der Waals surface area contributed by atoms with Crippen molar-refractivity contribution in [1.82, 2.24) is 5.32 Å². The molecule has 0 saturated carbocycles. The first-order valence-electron chi connectivity index (χ1n) is 7.17. The molecule has 0 heterocycles. The van der Waals surface area contributed by atoms with Crippen molar-refractivity contribution in [3.8, 4) is 5.75 Å². The number of hydrogen-bond donors (Lipinski definition) is 2. The minimum absolute atomic E-state index is 0.107. The van der Waals surface area contributed by atoms with E-state index >= 15 is 0 Å². The van der Waals surface area contributed by atoms with E-state index in [2.05, 4.69) is 10.6 Å². The predicted octanol–water partition coefficient (Wildman–Crippen LogP) is 3.77. The molecule has 0 radical (unpaired) electrons. The SMILES string of the molecule is COc1cccc(CCNC(=O)CNc2cc(Cl)ccc2Cl)c1. The summed E-state index contributed by atoms with van der Waals surface area (Å²) in [6.07, 6.45) is 0.737. The first-order chi connectivity index (χ1) is 11.1. The molecule has 0 fully saturated rings. The number of carbonyl (C=O) groups excluding carboxylic acids is 1. The summed E-state index contributed by atoms with van der Waals surface area (Å²) in [5, 5.41) is 6.92. The standard InChI is InChI=1S/C17H18Cl2N2O2/c1-23-14-4-2-3-12(9-14)7-8-20-17(22)11-21-16-10-13(18)5-6-15(16)19/h2-6,9-10,21H,7-8,11H2,1H3,(H,20,22). The van der Waals surface area contributed by atoms with E-state index < -0.39 is 0 Å². The molecule has 0 bridgehead atoms. The van der Waals surface area contributed by atoms with Crippen LogP contribution in [-0.4, -0.2) is 26.1 Å². The zero-order valence-electron chi connectivity index (χ0n) is 12.7. The second-order valence-electron chi connectivity index (χ2n) is 4.93. The number of anilines is 1. The Labute approximate surface area is 145 Å². The van der Waals surface area contributed by atoms with Crippen LogP contribution < -0.4 is 15.4 Å². The van der Waals surface area contributed by atoms with Crippen molar-refractivity contribution >= 4 is 34.8 Å². The molecule has 2 aromatic rings. The van der Waals surface area contributed by atoms with Crippen molar-refractivity contribution in [2.45, 2.75) is 6.42 Å². The highest BCUT2D eigenvalue weighted by atomic mass is 35.5. The van der Waals surface area contributed by atoms with Gasteiger partial charge < -0.3 is 15.4 Å². The lowest BCUT2D eigenvalue weighted by molar-refractivity contribution is -0.119. The number of benzene rings is 2. The first-order valence-corrected chi connectivity index (χ1v) is 7.92. The first kappa shape index (κ1) is 17.4. The van der Waals surface area contributed by atoms with E-state index in [0.29, 0.717) is 22.3 Å². The Balaban J connectivity index is 1.75. The lowest BCUT2D eigenvalue weighted by Crippen LogP contribution is -2.31. The van der Waals surface area contributed by atoms with Gasteiger partial charge in [-0.15, -0.1) is 0 Å². The highest BCUT2D eigenvalue weighted by Crippen LogP contribution is 2.25. The van der Waals surface area contributed by atoms with E-state index in [0.717, 1.165) is 17.7 Å². The fourth-order valence-electron chi connectivity index (χ4n) is 2.05. The third kappa shape index (κ3) is 5.66. The fourth-order valence-corrected chi connectivity index (χ4v) is 2.40. The van der Waals surface area contributed by atoms with E-state index in [-0.39, 0.29) is 12.5 Å². The third-order valence-corrected chi connectivity index (χ3v) is 3.80. The van der Waals surface area contributed by atoms with Crippen molar-refractivity contribution in [3.05, 3.63) is 58.1 Å². The van der Waals surface area contributed by atoms with Crippen LogP contribution in [-0.2, 0) is 11.2 Å². The molecule has 0 aliphatic rings. The van der Waals surface area contributed by atoms with E-state index in [1.807, 2.05) is 24.3 Å². The van der Waals surface area contributed by atoms with Crippen molar-refractivity contribution in [2.24, 2.45) is 0 Å². The van der Waals surface area contributed by atoms with Crippen molar-refractivity contribution in [1.29, 1.82) is 0 Å². The molecule has 0 unspecified atom stereocenters. The summed E-state index contributed by atoms with van der Waals surface area (Å²) in [5.74, 6) is 0.704. The Morgan fingerprint density at radius 3 is 2.78 bits per heavy atom. The number of carbonyl (C=O) groups is 1. The lowest BCUT2D eigenvalue weighted by Gasteiger charge is -2.10. The number of halogens is 2. The van der Waals surface area contributed by atoms with Crippen LogP contribution in [0.4, 0.5) is 5.69 Å². The number of amides is 1. The zero-order chi connectivity index (χ0) is 16.7. The molecule has 0 atom stereocenters. The van der Waals surface area contributed by atoms with Crippen LogP contribution >= 0.6 is 23.2 Å². The summed E-state index contributed by atoms with van der Waals surface area (Å²) < 4.78 is 5.17. The summed E-state index contributed by atoms with van der Waals surface area (Å²) in [6.45, 7) is 0.690. The molecule has 0 saturated heterocycles. The fraction of sp³-hybridized carbons (Fsp3) is 0.235. The maximum absolute atomic E-state index is 11.9. The van der Waals surface area contributed by atoms with Gasteiger partial charge in [-0.1, -0.05) is 35.3 Å². The van der Waals surface area contributed by atoms with Gasteiger partial charge in [0.25, 0.3) is 0 Å². The van der Waals surface area contributed by atoms with Gasteiger partial charge in [0.1, 0.15) is 5.75 Å². The van der Waals surface area contributed by atoms with Gasteiger partial charge in [-0.05, 0) is 42.3 Å². The molecule has 4 nitrogen and oxygen atoms in total. The third-order valence-electron chi connectivity index (χ3n) is 3.24. The molecule has 0 spiro atoms. The van der Waals surface area contributed by atoms with Gasteiger partial charge in [-0.3, -0.25) is 4.79 Å². The number of rotatable bonds is 7. The van der Waals surface area contributed by atoms with E-state index in [1.54, 1.807) is 25.3 Å². The maximum atomic E-state index is 11.9. The minimum Gasteiger partial charge on any atom is -0.497 e. The van der Waals surface area contributed by atoms with Crippen molar-refractivity contribution in [3.63, 3.8) is 0 Å². The highest BCUT2D eigenvalue weighted by Gasteiger charge is 2.05. The Bertz CT molecular complexity index is 677. The summed E-state index contributed by atoms with van der Waals surface area (Å²) in [6, 6.07) is 12.8. The summed E-state index contributed by atoms with van der Waals surface area (Å²) >= 11 is 11.9. The Hall–Kier alpha value is -1.91. The molecule has 0 aliphatic heterocycles. The average molecular weight is 353 g/mol. The summed E-state index contributed by atoms with van der Waals surface area (Å²) in [4.78, 5) is 11.9. The Morgan fingerprint density at radius 2 is 2.00 bits per heavy atom. The van der Waals surface area contributed by atoms with Gasteiger partial charge >= 0.3 is 0 Å². The average Bonchev–Trinajstić information content (AvgIpc) is 2.56. The summed E-state index contributed by atoms with van der Waals surface area (Å²) in [5.41, 5.74) is 1.75. The van der Waals surface area contributed by atoms with Crippen LogP contribution in [0.1, 0.15) is 5.56 Å². The molecule has 0 aromatic heterocycles. The molecular formula is C17H18Cl2N2O2. The molecule has 2 rings (SSSR count). The molecule has 0 aliphatic carbocycles. The van der Waals surface area contributed by atoms with Gasteiger partial charge in [0, 0.05) is 11.6 Å². The molecule has 2 aromatic carbocycles. The number of ether oxygens (including phenoxy) is 1. The zero-order valence-corrected chi connectivity index (χ0v) is 14.2.